The molecular weight excluding hydrogens is 242 g/mol. The third-order valence-corrected chi connectivity index (χ3v) is 3.46. The fraction of sp³-hybridized carbons (Fsp3) is 0.929. The summed E-state index contributed by atoms with van der Waals surface area (Å²) in [4.78, 5) is 13.8. The first-order chi connectivity index (χ1) is 8.54. The summed E-state index contributed by atoms with van der Waals surface area (Å²) in [7, 11) is 0. The number of nitrogens with zero attached hydrogens (tertiary/aromatic N) is 1. The van der Waals surface area contributed by atoms with Crippen LogP contribution in [0.15, 0.2) is 0 Å². The first-order valence-corrected chi connectivity index (χ1v) is 6.98. The fourth-order valence-corrected chi connectivity index (χ4v) is 2.64. The zero-order valence-electron chi connectivity index (χ0n) is 13.1. The summed E-state index contributed by atoms with van der Waals surface area (Å²) in [5.74, 6) is 6.05. The van der Waals surface area contributed by atoms with E-state index >= 15 is 0 Å². The smallest absolute Gasteiger partial charge is 0.410 e. The molecular formula is C14H29N3O2. The molecule has 2 unspecified atom stereocenters. The van der Waals surface area contributed by atoms with Crippen LogP contribution in [0.5, 0.6) is 0 Å². The molecule has 3 N–H and O–H groups in total. The van der Waals surface area contributed by atoms with Crippen LogP contribution in [0.25, 0.3) is 0 Å². The van der Waals surface area contributed by atoms with Crippen LogP contribution in [-0.2, 0) is 4.74 Å². The number of ether oxygens (including phenoxy) is 1. The van der Waals surface area contributed by atoms with Gasteiger partial charge in [0, 0.05) is 19.1 Å². The maximum atomic E-state index is 12.0. The molecule has 1 heterocycles. The van der Waals surface area contributed by atoms with E-state index in [1.165, 1.54) is 0 Å². The highest BCUT2D eigenvalue weighted by Gasteiger charge is 2.38. The summed E-state index contributed by atoms with van der Waals surface area (Å²) in [5.41, 5.74) is 2.55. The number of hydrogen-bond donors (Lipinski definition) is 2. The topological polar surface area (TPSA) is 67.6 Å². The zero-order valence-corrected chi connectivity index (χ0v) is 13.1. The molecule has 0 spiro atoms. The molecule has 0 bridgehead atoms. The van der Waals surface area contributed by atoms with E-state index in [4.69, 9.17) is 10.6 Å². The van der Waals surface area contributed by atoms with E-state index in [9.17, 15) is 4.79 Å². The Hall–Kier alpha value is -0.810. The van der Waals surface area contributed by atoms with Crippen molar-refractivity contribution in [2.24, 2.45) is 17.2 Å². The normalized spacial score (nSPS) is 22.5. The molecule has 1 rings (SSSR count). The van der Waals surface area contributed by atoms with Crippen LogP contribution in [0.4, 0.5) is 4.79 Å². The largest absolute Gasteiger partial charge is 0.444 e. The van der Waals surface area contributed by atoms with Gasteiger partial charge in [-0.25, -0.2) is 4.79 Å². The average Bonchev–Trinajstić information content (AvgIpc) is 2.62. The van der Waals surface area contributed by atoms with E-state index in [1.807, 2.05) is 20.8 Å². The minimum absolute atomic E-state index is 0.0728. The number of nitrogens with two attached hydrogens (primary N) is 1. The van der Waals surface area contributed by atoms with Crippen molar-refractivity contribution in [1.29, 1.82) is 0 Å². The molecule has 1 amide bonds. The fourth-order valence-electron chi connectivity index (χ4n) is 2.64. The van der Waals surface area contributed by atoms with Gasteiger partial charge in [-0.05, 0) is 38.5 Å². The molecule has 1 saturated heterocycles. The van der Waals surface area contributed by atoms with Gasteiger partial charge in [-0.2, -0.15) is 0 Å². The minimum atomic E-state index is -0.440. The van der Waals surface area contributed by atoms with Crippen LogP contribution < -0.4 is 11.3 Å². The molecule has 0 aromatic rings. The van der Waals surface area contributed by atoms with Crippen molar-refractivity contribution in [2.75, 3.05) is 13.1 Å². The van der Waals surface area contributed by atoms with Crippen LogP contribution in [0.1, 0.15) is 48.0 Å². The second kappa shape index (κ2) is 5.67. The molecule has 2 atom stereocenters. The molecule has 0 aliphatic carbocycles. The Bertz CT molecular complexity index is 318. The first-order valence-electron chi connectivity index (χ1n) is 6.98. The third kappa shape index (κ3) is 4.66. The third-order valence-electron chi connectivity index (χ3n) is 3.46. The number of hydrogen-bond acceptors (Lipinski definition) is 4. The van der Waals surface area contributed by atoms with Crippen LogP contribution in [0.2, 0.25) is 0 Å². The Kier molecular flexibility index (Phi) is 4.85. The van der Waals surface area contributed by atoms with Crippen molar-refractivity contribution in [1.82, 2.24) is 10.3 Å². The molecule has 5 nitrogen and oxygen atoms in total. The van der Waals surface area contributed by atoms with Gasteiger partial charge < -0.3 is 9.64 Å². The number of likely N-dealkylation sites (tertiary alicyclic amines) is 1. The Balaban J connectivity index is 2.60. The molecule has 1 aliphatic rings. The van der Waals surface area contributed by atoms with E-state index in [2.05, 4.69) is 26.2 Å². The Labute approximate surface area is 116 Å². The van der Waals surface area contributed by atoms with Gasteiger partial charge >= 0.3 is 6.09 Å². The number of rotatable bonds is 2. The van der Waals surface area contributed by atoms with Gasteiger partial charge in [-0.15, -0.1) is 0 Å². The lowest BCUT2D eigenvalue weighted by Gasteiger charge is -2.34. The zero-order chi connectivity index (χ0) is 14.8. The predicted molar refractivity (Wildman–Crippen MR) is 76.5 cm³/mol. The van der Waals surface area contributed by atoms with Gasteiger partial charge in [0.1, 0.15) is 5.60 Å². The summed E-state index contributed by atoms with van der Waals surface area (Å²) in [6, 6.07) is 0.194. The van der Waals surface area contributed by atoms with Gasteiger partial charge in [0.2, 0.25) is 0 Å². The summed E-state index contributed by atoms with van der Waals surface area (Å²) >= 11 is 0. The quantitative estimate of drug-likeness (QED) is 0.596. The highest BCUT2D eigenvalue weighted by Crippen LogP contribution is 2.31. The van der Waals surface area contributed by atoms with Crippen LogP contribution in [0.3, 0.4) is 0 Å². The van der Waals surface area contributed by atoms with Gasteiger partial charge in [0.15, 0.2) is 0 Å². The van der Waals surface area contributed by atoms with Gasteiger partial charge in [0.25, 0.3) is 0 Å². The molecule has 5 heteroatoms. The monoisotopic (exact) mass is 271 g/mol. The van der Waals surface area contributed by atoms with Gasteiger partial charge in [0.05, 0.1) is 0 Å². The van der Waals surface area contributed by atoms with Crippen molar-refractivity contribution in [2.45, 2.75) is 59.6 Å². The summed E-state index contributed by atoms with van der Waals surface area (Å²) in [6.07, 6.45) is 0.741. The highest BCUT2D eigenvalue weighted by atomic mass is 16.6. The molecule has 0 radical (unpaired) electrons. The molecule has 112 valence electrons. The van der Waals surface area contributed by atoms with E-state index in [-0.39, 0.29) is 17.6 Å². The molecule has 0 saturated carbocycles. The Morgan fingerprint density at radius 2 is 1.89 bits per heavy atom. The van der Waals surface area contributed by atoms with Crippen LogP contribution in [-0.4, -0.2) is 35.7 Å². The maximum Gasteiger partial charge on any atom is 0.410 e. The van der Waals surface area contributed by atoms with Crippen molar-refractivity contribution in [3.05, 3.63) is 0 Å². The number of hydrazine groups is 1. The molecule has 1 fully saturated rings. The van der Waals surface area contributed by atoms with Crippen molar-refractivity contribution in [3.63, 3.8) is 0 Å². The SMILES string of the molecule is CC(C)(C)OC(=O)N1CCC(C(NN)C(C)(C)C)C1. The summed E-state index contributed by atoms with van der Waals surface area (Å²) in [6.45, 7) is 13.6. The van der Waals surface area contributed by atoms with Crippen LogP contribution >= 0.6 is 0 Å². The first kappa shape index (κ1) is 16.2. The molecule has 0 aromatic carbocycles. The van der Waals surface area contributed by atoms with Crippen molar-refractivity contribution in [3.8, 4) is 0 Å². The number of carbonyl (C=O) groups excluding carboxylic acids is 1. The van der Waals surface area contributed by atoms with Crippen molar-refractivity contribution < 1.29 is 9.53 Å². The average molecular weight is 271 g/mol. The predicted octanol–water partition coefficient (Wildman–Crippen LogP) is 2.12. The van der Waals surface area contributed by atoms with E-state index < -0.39 is 5.60 Å². The number of carbonyl (C=O) groups is 1. The number of nitrogens with one attached hydrogen (secondary N) is 1. The highest BCUT2D eigenvalue weighted by molar-refractivity contribution is 5.68. The summed E-state index contributed by atoms with van der Waals surface area (Å²) in [5, 5.41) is 0. The van der Waals surface area contributed by atoms with Gasteiger partial charge in [-0.1, -0.05) is 20.8 Å². The number of amides is 1. The molecule has 19 heavy (non-hydrogen) atoms. The van der Waals surface area contributed by atoms with E-state index in [1.54, 1.807) is 4.90 Å². The minimum Gasteiger partial charge on any atom is -0.444 e. The standard InChI is InChI=1S/C14H29N3O2/c1-13(2,3)11(16-15)10-7-8-17(9-10)12(18)19-14(4,5)6/h10-11,16H,7-9,15H2,1-6H3. The Morgan fingerprint density at radius 3 is 2.32 bits per heavy atom. The lowest BCUT2D eigenvalue weighted by molar-refractivity contribution is 0.0279. The van der Waals surface area contributed by atoms with E-state index in [0.29, 0.717) is 12.5 Å². The maximum absolute atomic E-state index is 12.0. The lowest BCUT2D eigenvalue weighted by Crippen LogP contribution is -2.50. The van der Waals surface area contributed by atoms with Crippen molar-refractivity contribution >= 4 is 6.09 Å². The second-order valence-electron chi connectivity index (χ2n) is 7.49. The lowest BCUT2D eigenvalue weighted by atomic mass is 9.79. The van der Waals surface area contributed by atoms with Crippen LogP contribution in [0, 0.1) is 11.3 Å². The molecule has 0 aromatic heterocycles. The second-order valence-corrected chi connectivity index (χ2v) is 7.49. The summed E-state index contributed by atoms with van der Waals surface area (Å²) < 4.78 is 5.40. The van der Waals surface area contributed by atoms with E-state index in [0.717, 1.165) is 13.0 Å². The molecule has 1 aliphatic heterocycles. The Morgan fingerprint density at radius 1 is 1.32 bits per heavy atom. The van der Waals surface area contributed by atoms with Gasteiger partial charge in [-0.3, -0.25) is 11.3 Å².